The average Bonchev–Trinajstić information content (AvgIpc) is 3.48. The number of allylic oxidation sites excluding steroid dienone is 1. The van der Waals surface area contributed by atoms with Crippen LogP contribution >= 0.6 is 0 Å². The van der Waals surface area contributed by atoms with E-state index in [0.29, 0.717) is 18.0 Å². The van der Waals surface area contributed by atoms with Gasteiger partial charge in [-0.05, 0) is 71.0 Å². The average molecular weight is 601 g/mol. The summed E-state index contributed by atoms with van der Waals surface area (Å²) in [5.74, 6) is 1.02. The molecule has 1 atom stereocenters. The fourth-order valence-corrected chi connectivity index (χ4v) is 5.19. The number of carboxylic acids is 1. The van der Waals surface area contributed by atoms with E-state index < -0.39 is 5.97 Å². The Labute approximate surface area is 264 Å². The number of aromatic carboxylic acids is 1. The van der Waals surface area contributed by atoms with E-state index in [2.05, 4.69) is 90.6 Å². The van der Waals surface area contributed by atoms with Gasteiger partial charge in [0.1, 0.15) is 12.4 Å². The zero-order chi connectivity index (χ0) is 31.8. The molecule has 7 heteroatoms. The molecule has 7 nitrogen and oxygen atoms in total. The number of aryl methyl sites for hydroxylation is 1. The minimum Gasteiger partial charge on any atom is -0.488 e. The summed E-state index contributed by atoms with van der Waals surface area (Å²) < 4.78 is 6.29. The van der Waals surface area contributed by atoms with Crippen LogP contribution in [0.25, 0.3) is 17.5 Å². The maximum atomic E-state index is 11.3. The van der Waals surface area contributed by atoms with Crippen LogP contribution in [0.5, 0.6) is 5.75 Å². The Kier molecular flexibility index (Phi) is 9.78. The van der Waals surface area contributed by atoms with E-state index in [0.717, 1.165) is 47.3 Å². The van der Waals surface area contributed by atoms with Crippen molar-refractivity contribution in [3.8, 4) is 17.1 Å². The van der Waals surface area contributed by atoms with Gasteiger partial charge >= 0.3 is 5.97 Å². The fraction of sp³-hybridized carbons (Fsp3) is 0.237. The third-order valence-corrected chi connectivity index (χ3v) is 7.91. The molecule has 5 aromatic rings. The minimum absolute atomic E-state index is 0.114. The molecular weight excluding hydrogens is 560 g/mol. The number of aromatic nitrogens is 3. The maximum Gasteiger partial charge on any atom is 0.335 e. The first-order valence-electron chi connectivity index (χ1n) is 15.2. The molecule has 1 unspecified atom stereocenters. The zero-order valence-electron chi connectivity index (χ0n) is 26.0. The van der Waals surface area contributed by atoms with Crippen LogP contribution in [0.1, 0.15) is 65.4 Å². The van der Waals surface area contributed by atoms with Crippen LogP contribution in [0.15, 0.2) is 103 Å². The van der Waals surface area contributed by atoms with Crippen molar-refractivity contribution in [2.75, 3.05) is 5.73 Å². The predicted octanol–water partition coefficient (Wildman–Crippen LogP) is 8.13. The highest BCUT2D eigenvalue weighted by atomic mass is 16.5. The van der Waals surface area contributed by atoms with Gasteiger partial charge in [-0.15, -0.1) is 5.10 Å². The van der Waals surface area contributed by atoms with Crippen molar-refractivity contribution in [3.05, 3.63) is 137 Å². The molecule has 4 N–H and O–H groups in total. The number of nitrogens with zero attached hydrogens (tertiary/aromatic N) is 2. The number of hydrogen-bond donors (Lipinski definition) is 3. The Morgan fingerprint density at radius 2 is 1.58 bits per heavy atom. The SMILES string of the molecule is CC(C)(C)c1ccc(COc2ccccc2/C=C/C(CCc2ccc(C(=O)O)cc2)Cc2ccc(-c3nc(N)n[nH]3)cc2)cc1. The van der Waals surface area contributed by atoms with E-state index in [1.165, 1.54) is 11.1 Å². The molecule has 0 aliphatic carbocycles. The van der Waals surface area contributed by atoms with Gasteiger partial charge in [0.05, 0.1) is 5.56 Å². The molecule has 0 radical (unpaired) electrons. The largest absolute Gasteiger partial charge is 0.488 e. The highest BCUT2D eigenvalue weighted by Crippen LogP contribution is 2.26. The second kappa shape index (κ2) is 14.1. The van der Waals surface area contributed by atoms with Crippen LogP contribution in [0, 0.1) is 5.92 Å². The molecule has 0 fully saturated rings. The Bertz CT molecular complexity index is 1730. The number of nitrogens with one attached hydrogen (secondary N) is 1. The number of aromatic amines is 1. The molecule has 0 saturated carbocycles. The van der Waals surface area contributed by atoms with Crippen molar-refractivity contribution < 1.29 is 14.6 Å². The van der Waals surface area contributed by atoms with Gasteiger partial charge in [0.2, 0.25) is 5.95 Å². The van der Waals surface area contributed by atoms with Gasteiger partial charge < -0.3 is 15.6 Å². The van der Waals surface area contributed by atoms with Crippen LogP contribution in [0.2, 0.25) is 0 Å². The summed E-state index contributed by atoms with van der Waals surface area (Å²) >= 11 is 0. The first-order valence-corrected chi connectivity index (χ1v) is 15.2. The van der Waals surface area contributed by atoms with Gasteiger partial charge in [0.15, 0.2) is 5.82 Å². The van der Waals surface area contributed by atoms with Crippen molar-refractivity contribution in [3.63, 3.8) is 0 Å². The number of H-pyrrole nitrogens is 1. The molecular formula is C38H40N4O3. The number of rotatable bonds is 12. The summed E-state index contributed by atoms with van der Waals surface area (Å²) in [5.41, 5.74) is 12.8. The van der Waals surface area contributed by atoms with Gasteiger partial charge in [-0.2, -0.15) is 4.98 Å². The van der Waals surface area contributed by atoms with Crippen molar-refractivity contribution in [1.29, 1.82) is 0 Å². The molecule has 0 aliphatic rings. The molecule has 1 heterocycles. The molecule has 1 aromatic heterocycles. The number of anilines is 1. The van der Waals surface area contributed by atoms with E-state index in [1.54, 1.807) is 12.1 Å². The third kappa shape index (κ3) is 8.70. The molecule has 0 saturated heterocycles. The Hall–Kier alpha value is -5.17. The topological polar surface area (TPSA) is 114 Å². The minimum atomic E-state index is -0.915. The van der Waals surface area contributed by atoms with Crippen LogP contribution in [0.3, 0.4) is 0 Å². The van der Waals surface area contributed by atoms with Crippen molar-refractivity contribution in [2.45, 2.75) is 52.1 Å². The second-order valence-electron chi connectivity index (χ2n) is 12.4. The van der Waals surface area contributed by atoms with E-state index in [1.807, 2.05) is 42.5 Å². The lowest BCUT2D eigenvalue weighted by molar-refractivity contribution is 0.0697. The molecule has 0 spiro atoms. The molecule has 45 heavy (non-hydrogen) atoms. The van der Waals surface area contributed by atoms with E-state index >= 15 is 0 Å². The molecule has 230 valence electrons. The number of nitrogens with two attached hydrogens (primary N) is 1. The van der Waals surface area contributed by atoms with Crippen LogP contribution in [0.4, 0.5) is 5.95 Å². The van der Waals surface area contributed by atoms with Gasteiger partial charge in [0.25, 0.3) is 0 Å². The summed E-state index contributed by atoms with van der Waals surface area (Å²) in [5, 5.41) is 16.0. The number of benzene rings is 4. The highest BCUT2D eigenvalue weighted by Gasteiger charge is 2.14. The maximum absolute atomic E-state index is 11.3. The monoisotopic (exact) mass is 600 g/mol. The normalized spacial score (nSPS) is 12.3. The summed E-state index contributed by atoms with van der Waals surface area (Å²) in [6.07, 6.45) is 6.98. The lowest BCUT2D eigenvalue weighted by atomic mass is 9.87. The van der Waals surface area contributed by atoms with Crippen molar-refractivity contribution >= 4 is 18.0 Å². The van der Waals surface area contributed by atoms with Gasteiger partial charge in [0, 0.05) is 11.1 Å². The van der Waals surface area contributed by atoms with Crippen molar-refractivity contribution in [2.24, 2.45) is 5.92 Å². The summed E-state index contributed by atoms with van der Waals surface area (Å²) in [6.45, 7) is 7.14. The molecule has 4 aromatic carbocycles. The molecule has 0 bridgehead atoms. The van der Waals surface area contributed by atoms with E-state index in [-0.39, 0.29) is 17.3 Å². The Morgan fingerprint density at radius 3 is 2.22 bits per heavy atom. The standard InChI is InChI=1S/C38H40N4O3/c1-38(2,3)33-22-15-29(16-23-33)25-45-34-7-5-4-6-30(34)17-12-27(9-8-26-10-20-32(21-11-26)36(43)44)24-28-13-18-31(19-14-28)35-40-37(39)42-41-35/h4-7,10-23,27H,8-9,24-25H2,1-3H3,(H,43,44)(H3,39,40,41,42)/b17-12+. The first kappa shape index (κ1) is 31.3. The number of hydrogen-bond acceptors (Lipinski definition) is 5. The smallest absolute Gasteiger partial charge is 0.335 e. The summed E-state index contributed by atoms with van der Waals surface area (Å²) in [7, 11) is 0. The molecule has 5 rings (SSSR count). The van der Waals surface area contributed by atoms with Crippen molar-refractivity contribution in [1.82, 2.24) is 15.2 Å². The lowest BCUT2D eigenvalue weighted by Gasteiger charge is -2.19. The second-order valence-corrected chi connectivity index (χ2v) is 12.4. The number of para-hydroxylation sites is 1. The number of ether oxygens (including phenoxy) is 1. The molecule has 0 amide bonds. The lowest BCUT2D eigenvalue weighted by Crippen LogP contribution is -2.10. The first-order chi connectivity index (χ1) is 21.6. The fourth-order valence-electron chi connectivity index (χ4n) is 5.19. The van der Waals surface area contributed by atoms with Gasteiger partial charge in [-0.1, -0.05) is 112 Å². The van der Waals surface area contributed by atoms with Crippen LogP contribution in [-0.4, -0.2) is 26.3 Å². The molecule has 0 aliphatic heterocycles. The number of carbonyl (C=O) groups is 1. The number of carboxylic acid groups (broad SMARTS) is 1. The Morgan fingerprint density at radius 1 is 0.911 bits per heavy atom. The quantitative estimate of drug-likeness (QED) is 0.133. The zero-order valence-corrected chi connectivity index (χ0v) is 26.0. The van der Waals surface area contributed by atoms with Gasteiger partial charge in [-0.3, -0.25) is 5.10 Å². The Balaban J connectivity index is 1.31. The predicted molar refractivity (Wildman–Crippen MR) is 180 cm³/mol. The van der Waals surface area contributed by atoms with E-state index in [9.17, 15) is 9.90 Å². The summed E-state index contributed by atoms with van der Waals surface area (Å²) in [6, 6.07) is 32.2. The van der Waals surface area contributed by atoms with E-state index in [4.69, 9.17) is 10.5 Å². The van der Waals surface area contributed by atoms with Crippen LogP contribution in [-0.2, 0) is 24.9 Å². The highest BCUT2D eigenvalue weighted by molar-refractivity contribution is 5.87. The van der Waals surface area contributed by atoms with Gasteiger partial charge in [-0.25, -0.2) is 4.79 Å². The summed E-state index contributed by atoms with van der Waals surface area (Å²) in [4.78, 5) is 15.5. The third-order valence-electron chi connectivity index (χ3n) is 7.91. The number of nitrogen functional groups attached to an aromatic ring is 1. The van der Waals surface area contributed by atoms with Crippen LogP contribution < -0.4 is 10.5 Å².